The second-order valence-electron chi connectivity index (χ2n) is 9.22. The third-order valence-corrected chi connectivity index (χ3v) is 7.96. The fourth-order valence-electron chi connectivity index (χ4n) is 6.98. The zero-order chi connectivity index (χ0) is 18.9. The smallest absolute Gasteiger partial charge is 0.178 e. The van der Waals surface area contributed by atoms with Gasteiger partial charge in [0.25, 0.3) is 0 Å². The first-order chi connectivity index (χ1) is 12.2. The summed E-state index contributed by atoms with van der Waals surface area (Å²) in [6.45, 7) is 7.94. The van der Waals surface area contributed by atoms with Crippen LogP contribution < -0.4 is 0 Å². The average Bonchev–Trinajstić information content (AvgIpc) is 2.84. The number of Topliss-reactive ketones (excluding diaryl/α,β-unsaturated/α-hetero) is 1. The number of ketones is 2. The van der Waals surface area contributed by atoms with Gasteiger partial charge < -0.3 is 10.2 Å². The molecule has 3 saturated carbocycles. The molecule has 4 nitrogen and oxygen atoms in total. The zero-order valence-corrected chi connectivity index (χ0v) is 15.6. The van der Waals surface area contributed by atoms with Crippen molar-refractivity contribution in [2.75, 3.05) is 6.61 Å². The molecule has 4 aliphatic rings. The molecule has 0 aromatic heterocycles. The lowest BCUT2D eigenvalue weighted by atomic mass is 9.46. The molecule has 0 amide bonds. The first-order valence-electron chi connectivity index (χ1n) is 9.66. The van der Waals surface area contributed by atoms with Gasteiger partial charge in [0.1, 0.15) is 6.61 Å². The van der Waals surface area contributed by atoms with E-state index >= 15 is 0 Å². The van der Waals surface area contributed by atoms with Crippen LogP contribution in [0.4, 0.5) is 0 Å². The molecule has 0 aromatic carbocycles. The van der Waals surface area contributed by atoms with Crippen molar-refractivity contribution in [2.24, 2.45) is 34.5 Å². The predicted molar refractivity (Wildman–Crippen MR) is 98.1 cm³/mol. The number of carbonyl (C=O) groups excluding carboxylic acids is 2. The van der Waals surface area contributed by atoms with Gasteiger partial charge in [0.2, 0.25) is 0 Å². The van der Waals surface area contributed by atoms with Crippen molar-refractivity contribution < 1.29 is 19.8 Å². The lowest BCUT2D eigenvalue weighted by molar-refractivity contribution is -0.140. The fraction of sp³-hybridized carbons (Fsp3) is 0.636. The second-order valence-corrected chi connectivity index (χ2v) is 9.22. The van der Waals surface area contributed by atoms with Crippen LogP contribution in [0, 0.1) is 34.5 Å². The molecular weight excluding hydrogens is 328 g/mol. The highest BCUT2D eigenvalue weighted by molar-refractivity contribution is 6.01. The topological polar surface area (TPSA) is 74.6 Å². The van der Waals surface area contributed by atoms with Crippen LogP contribution in [-0.2, 0) is 9.59 Å². The highest BCUT2D eigenvalue weighted by Crippen LogP contribution is 2.66. The van der Waals surface area contributed by atoms with E-state index in [1.54, 1.807) is 12.2 Å². The van der Waals surface area contributed by atoms with Crippen LogP contribution in [0.3, 0.4) is 0 Å². The van der Waals surface area contributed by atoms with E-state index in [0.29, 0.717) is 6.42 Å². The molecule has 4 rings (SSSR count). The molecule has 26 heavy (non-hydrogen) atoms. The van der Waals surface area contributed by atoms with Crippen molar-refractivity contribution in [3.63, 3.8) is 0 Å². The fourth-order valence-corrected chi connectivity index (χ4v) is 6.98. The molecule has 0 bridgehead atoms. The molecule has 4 aliphatic carbocycles. The number of carbonyl (C=O) groups is 2. The van der Waals surface area contributed by atoms with Gasteiger partial charge >= 0.3 is 0 Å². The van der Waals surface area contributed by atoms with E-state index in [1.807, 2.05) is 6.08 Å². The number of hydrogen-bond donors (Lipinski definition) is 2. The second kappa shape index (κ2) is 5.74. The van der Waals surface area contributed by atoms with Gasteiger partial charge in [-0.2, -0.15) is 0 Å². The maximum Gasteiger partial charge on any atom is 0.178 e. The monoisotopic (exact) mass is 356 g/mol. The van der Waals surface area contributed by atoms with Gasteiger partial charge in [-0.25, -0.2) is 0 Å². The van der Waals surface area contributed by atoms with Gasteiger partial charge in [-0.1, -0.05) is 37.6 Å². The average molecular weight is 356 g/mol. The Morgan fingerprint density at radius 3 is 2.81 bits per heavy atom. The predicted octanol–water partition coefficient (Wildman–Crippen LogP) is 2.61. The van der Waals surface area contributed by atoms with E-state index < -0.39 is 12.7 Å². The normalized spacial score (nSPS) is 47.1. The standard InChI is InChI=1S/C22H28O4/c1-12-8-16-15-5-4-13-9-14(24)6-7-21(13,2)20(15)17(25)10-22(16,3)19(12)18(26)11-23/h6-7,9,15-17,19-20,23,25H,1,4-5,8,10-11H2,2-3H3/t15-,16-,17-,19+,20+,21-,22-/m0/s1. The van der Waals surface area contributed by atoms with Gasteiger partial charge in [0.05, 0.1) is 6.10 Å². The molecule has 0 aliphatic heterocycles. The summed E-state index contributed by atoms with van der Waals surface area (Å²) in [7, 11) is 0. The minimum atomic E-state index is -0.535. The summed E-state index contributed by atoms with van der Waals surface area (Å²) >= 11 is 0. The molecular formula is C22H28O4. The Morgan fingerprint density at radius 2 is 2.12 bits per heavy atom. The third-order valence-electron chi connectivity index (χ3n) is 7.96. The highest BCUT2D eigenvalue weighted by atomic mass is 16.3. The molecule has 0 radical (unpaired) electrons. The van der Waals surface area contributed by atoms with Crippen LogP contribution in [0.25, 0.3) is 0 Å². The SMILES string of the molecule is C=C1C[C@H]2[C@@H]3CCC4=CC(=O)C=C[C@]4(C)[C@H]3[C@@H](O)C[C@]2(C)[C@H]1C(=O)CO. The van der Waals surface area contributed by atoms with Crippen molar-refractivity contribution >= 4 is 11.6 Å². The Balaban J connectivity index is 1.75. The molecule has 0 aromatic rings. The number of aliphatic hydroxyl groups excluding tert-OH is 2. The first kappa shape index (κ1) is 17.9. The first-order valence-corrected chi connectivity index (χ1v) is 9.66. The molecule has 3 fully saturated rings. The number of allylic oxidation sites excluding steroid dienone is 5. The maximum atomic E-state index is 12.4. The number of aliphatic hydroxyl groups is 2. The van der Waals surface area contributed by atoms with E-state index in [9.17, 15) is 19.8 Å². The summed E-state index contributed by atoms with van der Waals surface area (Å²) in [6, 6.07) is 0. The van der Waals surface area contributed by atoms with E-state index in [2.05, 4.69) is 20.4 Å². The number of hydrogen-bond acceptors (Lipinski definition) is 4. The van der Waals surface area contributed by atoms with Gasteiger partial charge in [-0.15, -0.1) is 0 Å². The Hall–Kier alpha value is -1.52. The van der Waals surface area contributed by atoms with E-state index in [-0.39, 0.29) is 46.1 Å². The van der Waals surface area contributed by atoms with Crippen LogP contribution in [0.5, 0.6) is 0 Å². The molecule has 2 N–H and O–H groups in total. The van der Waals surface area contributed by atoms with Crippen molar-refractivity contribution in [1.29, 1.82) is 0 Å². The Morgan fingerprint density at radius 1 is 1.38 bits per heavy atom. The Bertz CT molecular complexity index is 747. The summed E-state index contributed by atoms with van der Waals surface area (Å²) in [5.41, 5.74) is 1.40. The highest BCUT2D eigenvalue weighted by Gasteiger charge is 2.63. The summed E-state index contributed by atoms with van der Waals surface area (Å²) in [6.07, 6.45) is 7.97. The van der Waals surface area contributed by atoms with Crippen LogP contribution >= 0.6 is 0 Å². The van der Waals surface area contributed by atoms with Crippen LogP contribution in [0.15, 0.2) is 36.0 Å². The minimum Gasteiger partial charge on any atom is -0.393 e. The molecule has 140 valence electrons. The lowest BCUT2D eigenvalue weighted by Crippen LogP contribution is -2.56. The van der Waals surface area contributed by atoms with Gasteiger partial charge in [-0.05, 0) is 55.1 Å². The summed E-state index contributed by atoms with van der Waals surface area (Å²) in [4.78, 5) is 24.3. The summed E-state index contributed by atoms with van der Waals surface area (Å²) in [5, 5.41) is 20.6. The summed E-state index contributed by atoms with van der Waals surface area (Å²) in [5.74, 6) is 0.137. The molecule has 0 unspecified atom stereocenters. The number of rotatable bonds is 2. The van der Waals surface area contributed by atoms with Crippen LogP contribution in [-0.4, -0.2) is 34.5 Å². The molecule has 7 atom stereocenters. The van der Waals surface area contributed by atoms with E-state index in [1.165, 1.54) is 0 Å². The van der Waals surface area contributed by atoms with Crippen molar-refractivity contribution in [1.82, 2.24) is 0 Å². The Labute approximate surface area is 154 Å². The van der Waals surface area contributed by atoms with Gasteiger partial charge in [0, 0.05) is 17.3 Å². The van der Waals surface area contributed by atoms with Crippen molar-refractivity contribution in [3.8, 4) is 0 Å². The largest absolute Gasteiger partial charge is 0.393 e. The van der Waals surface area contributed by atoms with E-state index in [4.69, 9.17) is 0 Å². The van der Waals surface area contributed by atoms with Crippen molar-refractivity contribution in [3.05, 3.63) is 36.0 Å². The molecule has 4 heteroatoms. The van der Waals surface area contributed by atoms with Crippen LogP contribution in [0.1, 0.15) is 39.5 Å². The molecule has 0 saturated heterocycles. The third kappa shape index (κ3) is 2.21. The van der Waals surface area contributed by atoms with Gasteiger partial charge in [0.15, 0.2) is 11.6 Å². The van der Waals surface area contributed by atoms with E-state index in [0.717, 1.165) is 30.4 Å². The minimum absolute atomic E-state index is 0.0360. The lowest BCUT2D eigenvalue weighted by Gasteiger charge is -2.58. The number of fused-ring (bicyclic) bond motifs is 5. The molecule has 0 heterocycles. The zero-order valence-electron chi connectivity index (χ0n) is 15.6. The van der Waals surface area contributed by atoms with Gasteiger partial charge in [-0.3, -0.25) is 9.59 Å². The quantitative estimate of drug-likeness (QED) is 0.746. The molecule has 0 spiro atoms. The Kier molecular flexibility index (Phi) is 3.94. The van der Waals surface area contributed by atoms with Crippen LogP contribution in [0.2, 0.25) is 0 Å². The van der Waals surface area contributed by atoms with Crippen molar-refractivity contribution in [2.45, 2.75) is 45.6 Å². The summed E-state index contributed by atoms with van der Waals surface area (Å²) < 4.78 is 0. The maximum absolute atomic E-state index is 12.4.